The summed E-state index contributed by atoms with van der Waals surface area (Å²) in [7, 11) is 0. The second-order valence-corrected chi connectivity index (χ2v) is 5.35. The molecule has 0 aromatic carbocycles. The molecule has 2 rings (SSSR count). The number of halogens is 8. The molecule has 0 bridgehead atoms. The summed E-state index contributed by atoms with van der Waals surface area (Å²) in [5, 5.41) is 20.2. The predicted octanol–water partition coefficient (Wildman–Crippen LogP) is 3.40. The molecule has 1 N–H and O–H groups in total. The van der Waals surface area contributed by atoms with Gasteiger partial charge < -0.3 is 5.11 Å². The van der Waals surface area contributed by atoms with E-state index in [-0.39, 0.29) is 17.4 Å². The van der Waals surface area contributed by atoms with E-state index < -0.39 is 44.8 Å². The fraction of sp³-hybridized carbons (Fsp3) is 0.556. The molecule has 0 amide bonds. The van der Waals surface area contributed by atoms with Gasteiger partial charge in [0, 0.05) is 6.07 Å². The average Bonchev–Trinajstić information content (AvgIpc) is 2.87. The van der Waals surface area contributed by atoms with Crippen LogP contribution < -0.4 is 0 Å². The van der Waals surface area contributed by atoms with Gasteiger partial charge in [0.2, 0.25) is 5.60 Å². The Bertz CT molecular complexity index is 617. The average molecular weight is 357 g/mol. The zero-order valence-corrected chi connectivity index (χ0v) is 10.6. The number of nitrogens with zero attached hydrogens (tertiary/aromatic N) is 1. The zero-order chi connectivity index (χ0) is 17.4. The highest BCUT2D eigenvalue weighted by Gasteiger charge is 3.00. The van der Waals surface area contributed by atoms with Crippen molar-refractivity contribution >= 4 is 17.0 Å². The molecule has 1 aromatic heterocycles. The summed E-state index contributed by atoms with van der Waals surface area (Å²) in [5.74, 6) is -25.7. The van der Waals surface area contributed by atoms with Gasteiger partial charge in [-0.1, -0.05) is 0 Å². The lowest BCUT2D eigenvalue weighted by molar-refractivity contribution is -0.384. The summed E-state index contributed by atoms with van der Waals surface area (Å²) in [6.45, 7) is 0. The van der Waals surface area contributed by atoms with Crippen LogP contribution in [0.5, 0.6) is 0 Å². The lowest BCUT2D eigenvalue weighted by Crippen LogP contribution is -2.54. The van der Waals surface area contributed by atoms with Crippen molar-refractivity contribution in [3.8, 4) is 0 Å². The van der Waals surface area contributed by atoms with Crippen LogP contribution in [0, 0.1) is 10.1 Å². The molecule has 1 heterocycles. The van der Waals surface area contributed by atoms with E-state index in [4.69, 9.17) is 0 Å². The lowest BCUT2D eigenvalue weighted by atomic mass is 9.93. The van der Waals surface area contributed by atoms with E-state index in [2.05, 4.69) is 0 Å². The Morgan fingerprint density at radius 3 is 1.68 bits per heavy atom. The summed E-state index contributed by atoms with van der Waals surface area (Å²) in [5.41, 5.74) is -6.40. The Morgan fingerprint density at radius 2 is 1.36 bits per heavy atom. The minimum Gasteiger partial charge on any atom is -0.373 e. The highest BCUT2D eigenvalue weighted by Crippen LogP contribution is 2.71. The maximum absolute atomic E-state index is 13.5. The van der Waals surface area contributed by atoms with E-state index in [1.807, 2.05) is 0 Å². The van der Waals surface area contributed by atoms with Crippen molar-refractivity contribution in [3.05, 3.63) is 26.4 Å². The van der Waals surface area contributed by atoms with Crippen LogP contribution in [0.25, 0.3) is 0 Å². The second-order valence-electron chi connectivity index (χ2n) is 4.43. The molecule has 13 heteroatoms. The van der Waals surface area contributed by atoms with E-state index in [9.17, 15) is 50.3 Å². The smallest absolute Gasteiger partial charge is 0.373 e. The molecule has 22 heavy (non-hydrogen) atoms. The summed E-state index contributed by atoms with van der Waals surface area (Å²) in [6, 6.07) is -0.0794. The molecule has 0 saturated heterocycles. The van der Waals surface area contributed by atoms with Gasteiger partial charge >= 0.3 is 23.7 Å². The quantitative estimate of drug-likeness (QED) is 0.501. The van der Waals surface area contributed by atoms with Gasteiger partial charge in [-0.2, -0.15) is 35.1 Å². The van der Waals surface area contributed by atoms with Gasteiger partial charge in [-0.15, -0.1) is 11.3 Å². The molecule has 0 atom stereocenters. The second kappa shape index (κ2) is 4.07. The van der Waals surface area contributed by atoms with Crippen LogP contribution >= 0.6 is 11.3 Å². The van der Waals surface area contributed by atoms with E-state index in [0.29, 0.717) is 5.38 Å². The number of alkyl halides is 8. The Kier molecular flexibility index (Phi) is 3.12. The molecule has 0 spiro atoms. The van der Waals surface area contributed by atoms with Gasteiger partial charge in [-0.3, -0.25) is 10.1 Å². The topological polar surface area (TPSA) is 63.4 Å². The van der Waals surface area contributed by atoms with E-state index in [1.54, 1.807) is 0 Å². The molecule has 1 aliphatic rings. The van der Waals surface area contributed by atoms with Crippen LogP contribution in [0.2, 0.25) is 0 Å². The number of aliphatic hydroxyl groups is 1. The molecule has 1 saturated carbocycles. The number of hydrogen-bond acceptors (Lipinski definition) is 4. The van der Waals surface area contributed by atoms with Gasteiger partial charge in [0.05, 0.1) is 15.2 Å². The van der Waals surface area contributed by atoms with E-state index >= 15 is 0 Å². The van der Waals surface area contributed by atoms with Crippen molar-refractivity contribution in [1.29, 1.82) is 0 Å². The first-order valence-electron chi connectivity index (χ1n) is 5.13. The third kappa shape index (κ3) is 1.45. The molecular formula is C9H3F8NO3S. The Morgan fingerprint density at radius 1 is 0.955 bits per heavy atom. The molecule has 0 aliphatic heterocycles. The minimum absolute atomic E-state index is 0.0794. The number of thiophene rings is 1. The van der Waals surface area contributed by atoms with E-state index in [0.717, 1.165) is 0 Å². The molecule has 1 aromatic rings. The van der Waals surface area contributed by atoms with Crippen molar-refractivity contribution in [2.24, 2.45) is 0 Å². The third-order valence-corrected chi connectivity index (χ3v) is 4.27. The normalized spacial score (nSPS) is 26.8. The maximum atomic E-state index is 13.5. The number of nitro groups is 1. The molecule has 0 radical (unpaired) electrons. The largest absolute Gasteiger partial charge is 0.381 e. The first-order chi connectivity index (χ1) is 9.66. The van der Waals surface area contributed by atoms with Gasteiger partial charge in [-0.25, -0.2) is 0 Å². The first-order valence-corrected chi connectivity index (χ1v) is 6.01. The van der Waals surface area contributed by atoms with Crippen molar-refractivity contribution in [2.45, 2.75) is 29.3 Å². The van der Waals surface area contributed by atoms with Gasteiger partial charge in [0.1, 0.15) is 0 Å². The predicted molar refractivity (Wildman–Crippen MR) is 54.7 cm³/mol. The van der Waals surface area contributed by atoms with Gasteiger partial charge in [0.15, 0.2) is 0 Å². The summed E-state index contributed by atoms with van der Waals surface area (Å²) < 4.78 is 106. The van der Waals surface area contributed by atoms with Crippen molar-refractivity contribution < 1.29 is 45.2 Å². The van der Waals surface area contributed by atoms with Gasteiger partial charge in [-0.05, 0) is 0 Å². The van der Waals surface area contributed by atoms with Crippen LogP contribution in [0.3, 0.4) is 0 Å². The number of hydrogen-bond donors (Lipinski definition) is 1. The highest BCUT2D eigenvalue weighted by molar-refractivity contribution is 7.10. The monoisotopic (exact) mass is 357 g/mol. The van der Waals surface area contributed by atoms with Crippen LogP contribution in [-0.4, -0.2) is 33.7 Å². The standard InChI is InChI=1S/C9H3F8NO3S/c10-6(11)5(19,4-1-3(2-22-4)18(20)21)7(12,13)9(16,17)8(6,14)15/h1-2,19H. The lowest BCUT2D eigenvalue weighted by Gasteiger charge is -2.32. The molecular weight excluding hydrogens is 354 g/mol. The Balaban J connectivity index is 2.77. The van der Waals surface area contributed by atoms with E-state index in [1.165, 1.54) is 0 Å². The Hall–Kier alpha value is -1.50. The highest BCUT2D eigenvalue weighted by atomic mass is 32.1. The molecule has 124 valence electrons. The zero-order valence-electron chi connectivity index (χ0n) is 9.80. The maximum Gasteiger partial charge on any atom is 0.381 e. The van der Waals surface area contributed by atoms with Crippen molar-refractivity contribution in [3.63, 3.8) is 0 Å². The third-order valence-electron chi connectivity index (χ3n) is 3.24. The fourth-order valence-corrected chi connectivity index (χ4v) is 2.98. The van der Waals surface area contributed by atoms with Crippen molar-refractivity contribution in [1.82, 2.24) is 0 Å². The summed E-state index contributed by atoms with van der Waals surface area (Å²) in [4.78, 5) is 7.34. The minimum atomic E-state index is -6.57. The Labute approximate surface area is 119 Å². The number of rotatable bonds is 2. The van der Waals surface area contributed by atoms with Crippen LogP contribution in [0.4, 0.5) is 40.8 Å². The van der Waals surface area contributed by atoms with Gasteiger partial charge in [0.25, 0.3) is 5.69 Å². The summed E-state index contributed by atoms with van der Waals surface area (Å²) >= 11 is -0.338. The van der Waals surface area contributed by atoms with Crippen LogP contribution in [0.15, 0.2) is 11.4 Å². The molecule has 1 aliphatic carbocycles. The molecule has 4 nitrogen and oxygen atoms in total. The SMILES string of the molecule is O=[N+]([O-])c1csc(C2(O)C(F)(F)C(F)(F)C(F)(F)C2(F)F)c1. The summed E-state index contributed by atoms with van der Waals surface area (Å²) in [6.07, 6.45) is 0. The van der Waals surface area contributed by atoms with Crippen LogP contribution in [-0.2, 0) is 5.60 Å². The van der Waals surface area contributed by atoms with Crippen LogP contribution in [0.1, 0.15) is 4.88 Å². The fourth-order valence-electron chi connectivity index (χ4n) is 1.97. The first kappa shape index (κ1) is 16.9. The molecule has 0 unspecified atom stereocenters. The molecule has 1 fully saturated rings. The van der Waals surface area contributed by atoms with Crippen molar-refractivity contribution in [2.75, 3.05) is 0 Å².